The Kier molecular flexibility index (Phi) is 4.52. The summed E-state index contributed by atoms with van der Waals surface area (Å²) in [6.07, 6.45) is 1.63. The van der Waals surface area contributed by atoms with Crippen LogP contribution in [-0.4, -0.2) is 34.5 Å². The fourth-order valence-electron chi connectivity index (χ4n) is 2.33. The average molecular weight is 347 g/mol. The highest BCUT2D eigenvalue weighted by atomic mass is 35.5. The van der Waals surface area contributed by atoms with E-state index >= 15 is 0 Å². The van der Waals surface area contributed by atoms with E-state index in [0.29, 0.717) is 35.4 Å². The summed E-state index contributed by atoms with van der Waals surface area (Å²) < 4.78 is 7.09. The number of ether oxygens (including phenoxy) is 1. The molecule has 0 unspecified atom stereocenters. The number of imidazole rings is 1. The van der Waals surface area contributed by atoms with E-state index in [-0.39, 0.29) is 5.82 Å². The second kappa shape index (κ2) is 6.76. The van der Waals surface area contributed by atoms with Crippen LogP contribution >= 0.6 is 11.6 Å². The van der Waals surface area contributed by atoms with Crippen molar-refractivity contribution < 1.29 is 9.66 Å². The Morgan fingerprint density at radius 2 is 2.04 bits per heavy atom. The molecule has 0 aliphatic heterocycles. The van der Waals surface area contributed by atoms with Crippen LogP contribution in [0.25, 0.3) is 5.65 Å². The molecule has 0 aliphatic rings. The zero-order chi connectivity index (χ0) is 17.1. The predicted octanol–water partition coefficient (Wildman–Crippen LogP) is 3.41. The topological polar surface area (TPSA) is 72.9 Å². The monoisotopic (exact) mass is 346 g/mol. The third-order valence-corrected chi connectivity index (χ3v) is 3.78. The molecule has 0 saturated carbocycles. The fraction of sp³-hybridized carbons (Fsp3) is 0.188. The van der Waals surface area contributed by atoms with Crippen LogP contribution in [0.4, 0.5) is 11.6 Å². The molecule has 0 saturated heterocycles. The predicted molar refractivity (Wildman–Crippen MR) is 92.1 cm³/mol. The lowest BCUT2D eigenvalue weighted by Crippen LogP contribution is -2.24. The summed E-state index contributed by atoms with van der Waals surface area (Å²) in [4.78, 5) is 17.0. The van der Waals surface area contributed by atoms with Crippen LogP contribution in [0, 0.1) is 10.1 Å². The van der Waals surface area contributed by atoms with E-state index in [4.69, 9.17) is 16.3 Å². The van der Waals surface area contributed by atoms with Gasteiger partial charge in [0.05, 0.1) is 12.7 Å². The highest BCUT2D eigenvalue weighted by Crippen LogP contribution is 2.27. The highest BCUT2D eigenvalue weighted by Gasteiger charge is 2.24. The molecule has 0 aliphatic carbocycles. The van der Waals surface area contributed by atoms with E-state index in [1.165, 1.54) is 4.40 Å². The lowest BCUT2D eigenvalue weighted by Gasteiger charge is -2.16. The molecular formula is C16H15ClN4O3. The normalized spacial score (nSPS) is 10.8. The first-order valence-electron chi connectivity index (χ1n) is 7.27. The number of nitro groups is 1. The SMILES string of the molecule is CN(CCOc1ccc(Cl)cc1)c1nc2ccccn2c1[N+](=O)[O-]. The Hall–Kier alpha value is -2.80. The third kappa shape index (κ3) is 3.26. The minimum absolute atomic E-state index is 0.0559. The second-order valence-corrected chi connectivity index (χ2v) is 5.61. The summed E-state index contributed by atoms with van der Waals surface area (Å²) in [7, 11) is 1.75. The lowest BCUT2D eigenvalue weighted by molar-refractivity contribution is -0.389. The van der Waals surface area contributed by atoms with Gasteiger partial charge in [0.15, 0.2) is 0 Å². The largest absolute Gasteiger partial charge is 0.492 e. The van der Waals surface area contributed by atoms with Crippen molar-refractivity contribution in [2.24, 2.45) is 0 Å². The zero-order valence-electron chi connectivity index (χ0n) is 12.9. The first-order valence-corrected chi connectivity index (χ1v) is 7.65. The Labute approximate surface area is 143 Å². The number of pyridine rings is 1. The number of benzene rings is 1. The second-order valence-electron chi connectivity index (χ2n) is 5.17. The Balaban J connectivity index is 1.74. The van der Waals surface area contributed by atoms with Crippen molar-refractivity contribution in [1.29, 1.82) is 0 Å². The molecule has 0 spiro atoms. The summed E-state index contributed by atoms with van der Waals surface area (Å²) in [6, 6.07) is 12.3. The molecule has 3 rings (SSSR count). The lowest BCUT2D eigenvalue weighted by atomic mass is 10.3. The standard InChI is InChI=1S/C16H15ClN4O3/c1-19(10-11-24-13-7-5-12(17)6-8-13)15-16(21(22)23)20-9-3-2-4-14(20)18-15/h2-9H,10-11H2,1H3. The maximum atomic E-state index is 11.4. The minimum Gasteiger partial charge on any atom is -0.492 e. The van der Waals surface area contributed by atoms with Crippen molar-refractivity contribution in [1.82, 2.24) is 9.38 Å². The van der Waals surface area contributed by atoms with E-state index in [2.05, 4.69) is 4.98 Å². The van der Waals surface area contributed by atoms with Crippen LogP contribution in [0.2, 0.25) is 5.02 Å². The molecule has 2 aromatic heterocycles. The molecule has 0 amide bonds. The van der Waals surface area contributed by atoms with Crippen molar-refractivity contribution in [2.45, 2.75) is 0 Å². The summed E-state index contributed by atoms with van der Waals surface area (Å²) in [5, 5.41) is 12.0. The number of aromatic nitrogens is 2. The van der Waals surface area contributed by atoms with Gasteiger partial charge in [-0.25, -0.2) is 0 Å². The van der Waals surface area contributed by atoms with Gasteiger partial charge in [-0.2, -0.15) is 9.38 Å². The van der Waals surface area contributed by atoms with Crippen molar-refractivity contribution in [3.63, 3.8) is 0 Å². The van der Waals surface area contributed by atoms with Gasteiger partial charge < -0.3 is 19.8 Å². The molecule has 3 aromatic rings. The molecule has 0 N–H and O–H groups in total. The highest BCUT2D eigenvalue weighted by molar-refractivity contribution is 6.30. The molecule has 0 atom stereocenters. The summed E-state index contributed by atoms with van der Waals surface area (Å²) >= 11 is 5.82. The van der Waals surface area contributed by atoms with Crippen LogP contribution in [0.5, 0.6) is 5.75 Å². The quantitative estimate of drug-likeness (QED) is 0.505. The van der Waals surface area contributed by atoms with Gasteiger partial charge in [0, 0.05) is 18.1 Å². The van der Waals surface area contributed by atoms with Crippen LogP contribution < -0.4 is 9.64 Å². The molecular weight excluding hydrogens is 332 g/mol. The maximum absolute atomic E-state index is 11.4. The van der Waals surface area contributed by atoms with Crippen molar-refractivity contribution >= 4 is 28.9 Å². The molecule has 0 bridgehead atoms. The van der Waals surface area contributed by atoms with Crippen LogP contribution in [-0.2, 0) is 0 Å². The first kappa shape index (κ1) is 16.1. The molecule has 24 heavy (non-hydrogen) atoms. The number of hydrogen-bond acceptors (Lipinski definition) is 5. The summed E-state index contributed by atoms with van der Waals surface area (Å²) in [5.41, 5.74) is 0.532. The van der Waals surface area contributed by atoms with Crippen LogP contribution in [0.1, 0.15) is 0 Å². The Morgan fingerprint density at radius 3 is 2.75 bits per heavy atom. The van der Waals surface area contributed by atoms with Gasteiger partial charge in [0.2, 0.25) is 11.5 Å². The van der Waals surface area contributed by atoms with Crippen LogP contribution in [0.15, 0.2) is 48.7 Å². The van der Waals surface area contributed by atoms with E-state index in [1.807, 2.05) is 0 Å². The molecule has 1 aromatic carbocycles. The van der Waals surface area contributed by atoms with E-state index < -0.39 is 4.92 Å². The van der Waals surface area contributed by atoms with Gasteiger partial charge in [-0.15, -0.1) is 0 Å². The average Bonchev–Trinajstić information content (AvgIpc) is 2.96. The number of rotatable bonds is 6. The van der Waals surface area contributed by atoms with Crippen molar-refractivity contribution in [3.05, 3.63) is 63.8 Å². The molecule has 2 heterocycles. The molecule has 0 radical (unpaired) electrons. The van der Waals surface area contributed by atoms with Gasteiger partial charge in [-0.3, -0.25) is 0 Å². The first-order chi connectivity index (χ1) is 11.6. The summed E-state index contributed by atoms with van der Waals surface area (Å²) in [6.45, 7) is 0.816. The minimum atomic E-state index is -0.425. The molecule has 8 heteroatoms. The molecule has 124 valence electrons. The molecule has 7 nitrogen and oxygen atoms in total. The Bertz CT molecular complexity index is 863. The van der Waals surface area contributed by atoms with Crippen LogP contribution in [0.3, 0.4) is 0 Å². The summed E-state index contributed by atoms with van der Waals surface area (Å²) in [5.74, 6) is 0.947. The number of hydrogen-bond donors (Lipinski definition) is 0. The number of anilines is 1. The number of likely N-dealkylation sites (N-methyl/N-ethyl adjacent to an activating group) is 1. The fourth-order valence-corrected chi connectivity index (χ4v) is 2.46. The zero-order valence-corrected chi connectivity index (χ0v) is 13.7. The van der Waals surface area contributed by atoms with E-state index in [9.17, 15) is 10.1 Å². The maximum Gasteiger partial charge on any atom is 0.372 e. The van der Waals surface area contributed by atoms with Gasteiger partial charge >= 0.3 is 5.82 Å². The van der Waals surface area contributed by atoms with Gasteiger partial charge in [0.1, 0.15) is 12.4 Å². The number of fused-ring (bicyclic) bond motifs is 1. The van der Waals surface area contributed by atoms with Gasteiger partial charge in [-0.1, -0.05) is 17.7 Å². The number of halogens is 1. The number of nitrogens with zero attached hydrogens (tertiary/aromatic N) is 4. The molecule has 0 fully saturated rings. The van der Waals surface area contributed by atoms with E-state index in [0.717, 1.165) is 0 Å². The smallest absolute Gasteiger partial charge is 0.372 e. The Morgan fingerprint density at radius 1 is 1.29 bits per heavy atom. The third-order valence-electron chi connectivity index (χ3n) is 3.53. The van der Waals surface area contributed by atoms with Crippen molar-refractivity contribution in [3.8, 4) is 5.75 Å². The van der Waals surface area contributed by atoms with Gasteiger partial charge in [0.25, 0.3) is 0 Å². The van der Waals surface area contributed by atoms with Gasteiger partial charge in [-0.05, 0) is 35.3 Å². The van der Waals surface area contributed by atoms with Crippen molar-refractivity contribution in [2.75, 3.05) is 25.1 Å². The van der Waals surface area contributed by atoms with E-state index in [1.54, 1.807) is 60.6 Å².